The summed E-state index contributed by atoms with van der Waals surface area (Å²) in [5, 5.41) is 3.20. The molecule has 0 fully saturated rings. The summed E-state index contributed by atoms with van der Waals surface area (Å²) in [6.45, 7) is 2.49. The van der Waals surface area contributed by atoms with Crippen molar-refractivity contribution in [3.05, 3.63) is 29.8 Å². The fourth-order valence-corrected chi connectivity index (χ4v) is 1.53. The quantitative estimate of drug-likeness (QED) is 0.750. The summed E-state index contributed by atoms with van der Waals surface area (Å²) in [6.07, 6.45) is 1.26. The SMILES string of the molecule is CNC(C)Cc1ccc(OCCC(=O)OC)cc1. The number of ether oxygens (including phenoxy) is 2. The Morgan fingerprint density at radius 2 is 2.00 bits per heavy atom. The lowest BCUT2D eigenvalue weighted by molar-refractivity contribution is -0.141. The minimum atomic E-state index is -0.255. The van der Waals surface area contributed by atoms with E-state index in [9.17, 15) is 4.79 Å². The first-order valence-electron chi connectivity index (χ1n) is 6.11. The highest BCUT2D eigenvalue weighted by atomic mass is 16.5. The number of methoxy groups -OCH3 is 1. The number of rotatable bonds is 7. The van der Waals surface area contributed by atoms with Gasteiger partial charge in [0, 0.05) is 6.04 Å². The van der Waals surface area contributed by atoms with E-state index in [4.69, 9.17) is 4.74 Å². The molecule has 0 amide bonds. The summed E-state index contributed by atoms with van der Waals surface area (Å²) in [5.41, 5.74) is 1.26. The molecule has 4 heteroatoms. The van der Waals surface area contributed by atoms with Crippen LogP contribution < -0.4 is 10.1 Å². The van der Waals surface area contributed by atoms with Crippen molar-refractivity contribution in [3.8, 4) is 5.75 Å². The van der Waals surface area contributed by atoms with Crippen LogP contribution >= 0.6 is 0 Å². The monoisotopic (exact) mass is 251 g/mol. The van der Waals surface area contributed by atoms with E-state index in [0.29, 0.717) is 12.6 Å². The molecule has 0 heterocycles. The third-order valence-electron chi connectivity index (χ3n) is 2.76. The second kappa shape index (κ2) is 7.71. The van der Waals surface area contributed by atoms with Crippen LogP contribution in [-0.2, 0) is 16.0 Å². The van der Waals surface area contributed by atoms with Crippen molar-refractivity contribution < 1.29 is 14.3 Å². The second-order valence-corrected chi connectivity index (χ2v) is 4.21. The van der Waals surface area contributed by atoms with Crippen LogP contribution in [0.4, 0.5) is 0 Å². The highest BCUT2D eigenvalue weighted by Crippen LogP contribution is 2.13. The Balaban J connectivity index is 2.38. The van der Waals surface area contributed by atoms with Crippen LogP contribution in [-0.4, -0.2) is 32.8 Å². The van der Waals surface area contributed by atoms with E-state index in [0.717, 1.165) is 12.2 Å². The molecule has 0 aliphatic heterocycles. The first-order valence-corrected chi connectivity index (χ1v) is 6.11. The Hall–Kier alpha value is -1.55. The van der Waals surface area contributed by atoms with E-state index in [1.165, 1.54) is 12.7 Å². The van der Waals surface area contributed by atoms with E-state index in [1.54, 1.807) is 0 Å². The highest BCUT2D eigenvalue weighted by molar-refractivity contribution is 5.69. The molecule has 0 bridgehead atoms. The van der Waals surface area contributed by atoms with Crippen molar-refractivity contribution in [1.82, 2.24) is 5.32 Å². The number of likely N-dealkylation sites (N-methyl/N-ethyl adjacent to an activating group) is 1. The predicted molar refractivity (Wildman–Crippen MR) is 70.8 cm³/mol. The van der Waals surface area contributed by atoms with Gasteiger partial charge in [-0.3, -0.25) is 4.79 Å². The molecule has 18 heavy (non-hydrogen) atoms. The van der Waals surface area contributed by atoms with Gasteiger partial charge in [-0.1, -0.05) is 12.1 Å². The molecule has 0 saturated heterocycles. The molecule has 0 spiro atoms. The number of hydrogen-bond donors (Lipinski definition) is 1. The molecule has 1 rings (SSSR count). The highest BCUT2D eigenvalue weighted by Gasteiger charge is 2.02. The molecule has 0 aromatic heterocycles. The van der Waals surface area contributed by atoms with Gasteiger partial charge >= 0.3 is 5.97 Å². The van der Waals surface area contributed by atoms with E-state index in [1.807, 2.05) is 31.3 Å². The molecule has 1 atom stereocenters. The summed E-state index contributed by atoms with van der Waals surface area (Å²) in [5.74, 6) is 0.522. The van der Waals surface area contributed by atoms with Crippen molar-refractivity contribution in [2.45, 2.75) is 25.8 Å². The van der Waals surface area contributed by atoms with Crippen molar-refractivity contribution >= 4 is 5.97 Å². The van der Waals surface area contributed by atoms with Crippen molar-refractivity contribution in [2.75, 3.05) is 20.8 Å². The Bertz CT molecular complexity index is 362. The number of carbonyl (C=O) groups excluding carboxylic acids is 1. The van der Waals surface area contributed by atoms with Gasteiger partial charge in [-0.05, 0) is 38.1 Å². The molecule has 1 unspecified atom stereocenters. The zero-order valence-electron chi connectivity index (χ0n) is 11.2. The molecule has 1 aromatic carbocycles. The molecule has 100 valence electrons. The minimum Gasteiger partial charge on any atom is -0.493 e. The van der Waals surface area contributed by atoms with Gasteiger partial charge in [0.2, 0.25) is 0 Å². The number of benzene rings is 1. The van der Waals surface area contributed by atoms with Crippen LogP contribution in [0.25, 0.3) is 0 Å². The van der Waals surface area contributed by atoms with Gasteiger partial charge in [0.1, 0.15) is 5.75 Å². The van der Waals surface area contributed by atoms with Gasteiger partial charge < -0.3 is 14.8 Å². The lowest BCUT2D eigenvalue weighted by Crippen LogP contribution is -2.23. The Kier molecular flexibility index (Phi) is 6.22. The van der Waals surface area contributed by atoms with Gasteiger partial charge in [0.25, 0.3) is 0 Å². The molecule has 0 saturated carbocycles. The minimum absolute atomic E-state index is 0.255. The average molecular weight is 251 g/mol. The Labute approximate surface area is 108 Å². The van der Waals surface area contributed by atoms with Gasteiger partial charge in [-0.2, -0.15) is 0 Å². The average Bonchev–Trinajstić information content (AvgIpc) is 2.40. The molecular weight excluding hydrogens is 230 g/mol. The molecule has 0 radical (unpaired) electrons. The van der Waals surface area contributed by atoms with Gasteiger partial charge in [-0.15, -0.1) is 0 Å². The van der Waals surface area contributed by atoms with Crippen LogP contribution in [0.2, 0.25) is 0 Å². The third-order valence-corrected chi connectivity index (χ3v) is 2.76. The first-order chi connectivity index (χ1) is 8.65. The maximum atomic E-state index is 10.9. The van der Waals surface area contributed by atoms with Gasteiger partial charge in [0.15, 0.2) is 0 Å². The van der Waals surface area contributed by atoms with Crippen molar-refractivity contribution in [2.24, 2.45) is 0 Å². The smallest absolute Gasteiger partial charge is 0.308 e. The number of hydrogen-bond acceptors (Lipinski definition) is 4. The third kappa shape index (κ3) is 5.19. The lowest BCUT2D eigenvalue weighted by atomic mass is 10.1. The fraction of sp³-hybridized carbons (Fsp3) is 0.500. The van der Waals surface area contributed by atoms with Gasteiger partial charge in [0.05, 0.1) is 20.1 Å². The standard InChI is InChI=1S/C14H21NO3/c1-11(15-2)10-12-4-6-13(7-5-12)18-9-8-14(16)17-3/h4-7,11,15H,8-10H2,1-3H3. The maximum absolute atomic E-state index is 10.9. The molecular formula is C14H21NO3. The number of esters is 1. The van der Waals surface area contributed by atoms with Crippen molar-refractivity contribution in [1.29, 1.82) is 0 Å². The first kappa shape index (κ1) is 14.5. The number of carbonyl (C=O) groups is 1. The van der Waals surface area contributed by atoms with Crippen LogP contribution in [0.1, 0.15) is 18.9 Å². The summed E-state index contributed by atoms with van der Waals surface area (Å²) in [6, 6.07) is 8.39. The Morgan fingerprint density at radius 3 is 2.56 bits per heavy atom. The summed E-state index contributed by atoms with van der Waals surface area (Å²) >= 11 is 0. The largest absolute Gasteiger partial charge is 0.493 e. The summed E-state index contributed by atoms with van der Waals surface area (Å²) in [4.78, 5) is 10.9. The van der Waals surface area contributed by atoms with E-state index >= 15 is 0 Å². The maximum Gasteiger partial charge on any atom is 0.308 e. The number of nitrogens with one attached hydrogen (secondary N) is 1. The van der Waals surface area contributed by atoms with E-state index in [2.05, 4.69) is 17.0 Å². The van der Waals surface area contributed by atoms with Crippen LogP contribution in [0.15, 0.2) is 24.3 Å². The predicted octanol–water partition coefficient (Wildman–Crippen LogP) is 1.78. The van der Waals surface area contributed by atoms with E-state index in [-0.39, 0.29) is 12.4 Å². The molecule has 0 aliphatic rings. The zero-order valence-corrected chi connectivity index (χ0v) is 11.2. The fourth-order valence-electron chi connectivity index (χ4n) is 1.53. The van der Waals surface area contributed by atoms with Crippen LogP contribution in [0.5, 0.6) is 5.75 Å². The molecule has 0 aliphatic carbocycles. The van der Waals surface area contributed by atoms with Crippen molar-refractivity contribution in [3.63, 3.8) is 0 Å². The lowest BCUT2D eigenvalue weighted by Gasteiger charge is -2.10. The Morgan fingerprint density at radius 1 is 1.33 bits per heavy atom. The molecule has 1 aromatic rings. The summed E-state index contributed by atoms with van der Waals surface area (Å²) in [7, 11) is 3.33. The second-order valence-electron chi connectivity index (χ2n) is 4.21. The topological polar surface area (TPSA) is 47.6 Å². The van der Waals surface area contributed by atoms with E-state index < -0.39 is 0 Å². The normalized spacial score (nSPS) is 11.9. The van der Waals surface area contributed by atoms with Gasteiger partial charge in [-0.25, -0.2) is 0 Å². The summed E-state index contributed by atoms with van der Waals surface area (Å²) < 4.78 is 9.99. The molecule has 4 nitrogen and oxygen atoms in total. The zero-order chi connectivity index (χ0) is 13.4. The van der Waals surface area contributed by atoms with Crippen LogP contribution in [0, 0.1) is 0 Å². The van der Waals surface area contributed by atoms with Crippen LogP contribution in [0.3, 0.4) is 0 Å². The molecule has 1 N–H and O–H groups in total.